The van der Waals surface area contributed by atoms with E-state index >= 15 is 0 Å². The third-order valence-electron chi connectivity index (χ3n) is 6.00. The molecular weight excluding hydrogens is 408 g/mol. The molecule has 0 aliphatic heterocycles. The van der Waals surface area contributed by atoms with E-state index in [1.807, 2.05) is 48.5 Å². The first-order valence-electron chi connectivity index (χ1n) is 10.8. The molecule has 2 aromatic rings. The van der Waals surface area contributed by atoms with Crippen molar-refractivity contribution >= 4 is 18.0 Å². The summed E-state index contributed by atoms with van der Waals surface area (Å²) in [7, 11) is 0. The first-order valence-corrected chi connectivity index (χ1v) is 10.8. The van der Waals surface area contributed by atoms with Crippen LogP contribution < -0.4 is 10.6 Å². The summed E-state index contributed by atoms with van der Waals surface area (Å²) >= 11 is 0. The fourth-order valence-electron chi connectivity index (χ4n) is 4.37. The average Bonchev–Trinajstić information content (AvgIpc) is 3.41. The van der Waals surface area contributed by atoms with Crippen molar-refractivity contribution < 1.29 is 24.2 Å². The lowest BCUT2D eigenvalue weighted by atomic mass is 9.98. The smallest absolute Gasteiger partial charge is 0.407 e. The van der Waals surface area contributed by atoms with Gasteiger partial charge in [-0.05, 0) is 41.0 Å². The first-order chi connectivity index (χ1) is 15.5. The molecule has 32 heavy (non-hydrogen) atoms. The Hall–Kier alpha value is -3.61. The van der Waals surface area contributed by atoms with Crippen LogP contribution in [-0.4, -0.2) is 42.3 Å². The van der Waals surface area contributed by atoms with Crippen LogP contribution in [0.1, 0.15) is 36.3 Å². The van der Waals surface area contributed by atoms with Crippen LogP contribution in [0.15, 0.2) is 60.7 Å². The molecule has 0 bridgehead atoms. The first kappa shape index (κ1) is 21.6. The number of nitrogens with one attached hydrogen (secondary N) is 2. The zero-order chi connectivity index (χ0) is 22.5. The molecule has 7 heteroatoms. The number of carbonyl (C=O) groups is 3. The number of hydrogen-bond donors (Lipinski definition) is 3. The lowest BCUT2D eigenvalue weighted by Crippen LogP contribution is -2.49. The highest BCUT2D eigenvalue weighted by Crippen LogP contribution is 2.44. The Balaban J connectivity index is 1.37. The topological polar surface area (TPSA) is 105 Å². The van der Waals surface area contributed by atoms with Crippen LogP contribution in [0.4, 0.5) is 4.79 Å². The monoisotopic (exact) mass is 434 g/mol. The number of allylic oxidation sites excluding steroid dienone is 2. The standard InChI is InChI=1S/C25H26N2O5/c28-23(29)13-22(24(30)26-14-16-7-1-2-8-16)27-25(31)32-15-21-19-11-5-3-9-17(19)18-10-4-6-12-20(18)21/h1-6,9-12,16,21-22H,7-8,13-15H2,(H,26,30)(H,27,31)(H,28,29). The predicted molar refractivity (Wildman–Crippen MR) is 119 cm³/mol. The molecule has 3 N–H and O–H groups in total. The summed E-state index contributed by atoms with van der Waals surface area (Å²) in [6.45, 7) is 0.531. The molecule has 166 valence electrons. The van der Waals surface area contributed by atoms with E-state index in [1.165, 1.54) is 0 Å². The fraction of sp³-hybridized carbons (Fsp3) is 0.320. The Morgan fingerprint density at radius 1 is 0.969 bits per heavy atom. The minimum atomic E-state index is -1.20. The molecule has 0 heterocycles. The van der Waals surface area contributed by atoms with Gasteiger partial charge in [-0.2, -0.15) is 0 Å². The maximum Gasteiger partial charge on any atom is 0.407 e. The summed E-state index contributed by atoms with van der Waals surface area (Å²) in [5, 5.41) is 14.3. The molecule has 4 rings (SSSR count). The van der Waals surface area contributed by atoms with Gasteiger partial charge in [0.2, 0.25) is 5.91 Å². The zero-order valence-electron chi connectivity index (χ0n) is 17.6. The van der Waals surface area contributed by atoms with Crippen LogP contribution >= 0.6 is 0 Å². The molecule has 2 amide bonds. The van der Waals surface area contributed by atoms with Crippen LogP contribution in [0.5, 0.6) is 0 Å². The zero-order valence-corrected chi connectivity index (χ0v) is 17.6. The largest absolute Gasteiger partial charge is 0.481 e. The number of benzene rings is 2. The van der Waals surface area contributed by atoms with E-state index in [-0.39, 0.29) is 12.5 Å². The van der Waals surface area contributed by atoms with E-state index in [4.69, 9.17) is 9.84 Å². The molecular formula is C25H26N2O5. The van der Waals surface area contributed by atoms with Gasteiger partial charge in [-0.3, -0.25) is 9.59 Å². The van der Waals surface area contributed by atoms with Crippen LogP contribution in [0.2, 0.25) is 0 Å². The van der Waals surface area contributed by atoms with Gasteiger partial charge in [-0.15, -0.1) is 0 Å². The average molecular weight is 434 g/mol. The lowest BCUT2D eigenvalue weighted by molar-refractivity contribution is -0.139. The molecule has 7 nitrogen and oxygen atoms in total. The van der Waals surface area contributed by atoms with Gasteiger partial charge in [-0.25, -0.2) is 4.79 Å². The summed E-state index contributed by atoms with van der Waals surface area (Å²) in [5.74, 6) is -1.51. The lowest BCUT2D eigenvalue weighted by Gasteiger charge is -2.19. The number of rotatable bonds is 8. The van der Waals surface area contributed by atoms with Crippen molar-refractivity contribution in [3.63, 3.8) is 0 Å². The van der Waals surface area contributed by atoms with E-state index in [9.17, 15) is 14.4 Å². The van der Waals surface area contributed by atoms with Gasteiger partial charge < -0.3 is 20.5 Å². The van der Waals surface area contributed by atoms with E-state index in [1.54, 1.807) is 0 Å². The van der Waals surface area contributed by atoms with Crippen molar-refractivity contribution in [3.8, 4) is 11.1 Å². The van der Waals surface area contributed by atoms with E-state index in [0.717, 1.165) is 35.1 Å². The Labute approximate surface area is 186 Å². The highest BCUT2D eigenvalue weighted by Gasteiger charge is 2.30. The number of amides is 2. The SMILES string of the molecule is O=C(O)CC(NC(=O)OCC1c2ccccc2-c2ccccc21)C(=O)NCC1CC=CC1. The highest BCUT2D eigenvalue weighted by atomic mass is 16.5. The normalized spacial score (nSPS) is 15.6. The Kier molecular flexibility index (Phi) is 6.54. The van der Waals surface area contributed by atoms with Crippen molar-refractivity contribution in [2.75, 3.05) is 13.2 Å². The quantitative estimate of drug-likeness (QED) is 0.552. The van der Waals surface area contributed by atoms with Gasteiger partial charge >= 0.3 is 12.1 Å². The number of ether oxygens (including phenoxy) is 1. The summed E-state index contributed by atoms with van der Waals surface area (Å²) in [6.07, 6.45) is 4.55. The van der Waals surface area contributed by atoms with Crippen LogP contribution in [0.3, 0.4) is 0 Å². The third-order valence-corrected chi connectivity index (χ3v) is 6.00. The second kappa shape index (κ2) is 9.68. The minimum Gasteiger partial charge on any atom is -0.481 e. The number of alkyl carbamates (subject to hydrolysis) is 1. The predicted octanol–water partition coefficient (Wildman–Crippen LogP) is 3.45. The Bertz CT molecular complexity index is 995. The second-order valence-electron chi connectivity index (χ2n) is 8.17. The van der Waals surface area contributed by atoms with Gasteiger partial charge in [0, 0.05) is 12.5 Å². The molecule has 0 saturated heterocycles. The van der Waals surface area contributed by atoms with Gasteiger partial charge in [0.05, 0.1) is 6.42 Å². The van der Waals surface area contributed by atoms with Crippen molar-refractivity contribution in [1.82, 2.24) is 10.6 Å². The van der Waals surface area contributed by atoms with E-state index in [2.05, 4.69) is 22.8 Å². The number of carboxylic acids is 1. The van der Waals surface area contributed by atoms with Gasteiger partial charge in [0.25, 0.3) is 0 Å². The molecule has 0 radical (unpaired) electrons. The molecule has 0 fully saturated rings. The summed E-state index contributed by atoms with van der Waals surface area (Å²) in [6, 6.07) is 14.8. The fourth-order valence-corrected chi connectivity index (χ4v) is 4.37. The summed E-state index contributed by atoms with van der Waals surface area (Å²) in [4.78, 5) is 36.2. The van der Waals surface area contributed by atoms with E-state index < -0.39 is 30.4 Å². The summed E-state index contributed by atoms with van der Waals surface area (Å²) < 4.78 is 5.45. The van der Waals surface area contributed by atoms with Gasteiger partial charge in [0.15, 0.2) is 0 Å². The van der Waals surface area contributed by atoms with Crippen molar-refractivity contribution in [2.45, 2.75) is 31.2 Å². The van der Waals surface area contributed by atoms with E-state index in [0.29, 0.717) is 12.5 Å². The number of carbonyl (C=O) groups excluding carboxylic acids is 2. The maximum atomic E-state index is 12.5. The molecule has 2 aliphatic rings. The van der Waals surface area contributed by atoms with Crippen molar-refractivity contribution in [1.29, 1.82) is 0 Å². The van der Waals surface area contributed by atoms with Crippen molar-refractivity contribution in [2.24, 2.45) is 5.92 Å². The molecule has 0 saturated carbocycles. The van der Waals surface area contributed by atoms with Crippen LogP contribution in [0, 0.1) is 5.92 Å². The Morgan fingerprint density at radius 2 is 1.56 bits per heavy atom. The Morgan fingerprint density at radius 3 is 2.16 bits per heavy atom. The van der Waals surface area contributed by atoms with Crippen molar-refractivity contribution in [3.05, 3.63) is 71.8 Å². The third kappa shape index (κ3) is 4.82. The molecule has 2 aliphatic carbocycles. The number of carboxylic acid groups (broad SMARTS) is 1. The molecule has 2 aromatic carbocycles. The van der Waals surface area contributed by atoms with Gasteiger partial charge in [-0.1, -0.05) is 60.7 Å². The molecule has 0 spiro atoms. The number of aliphatic carboxylic acids is 1. The molecule has 1 atom stereocenters. The van der Waals surface area contributed by atoms with Gasteiger partial charge in [0.1, 0.15) is 12.6 Å². The number of fused-ring (bicyclic) bond motifs is 3. The second-order valence-corrected chi connectivity index (χ2v) is 8.17. The molecule has 0 aromatic heterocycles. The number of hydrogen-bond acceptors (Lipinski definition) is 4. The highest BCUT2D eigenvalue weighted by molar-refractivity contribution is 5.89. The molecule has 1 unspecified atom stereocenters. The maximum absolute atomic E-state index is 12.5. The summed E-state index contributed by atoms with van der Waals surface area (Å²) in [5.41, 5.74) is 4.38. The minimum absolute atomic E-state index is 0.0923. The van der Waals surface area contributed by atoms with Crippen LogP contribution in [-0.2, 0) is 14.3 Å². The van der Waals surface area contributed by atoms with Crippen LogP contribution in [0.25, 0.3) is 11.1 Å².